The van der Waals surface area contributed by atoms with Gasteiger partial charge in [0.25, 0.3) is 0 Å². The molecule has 0 aliphatic carbocycles. The maximum absolute atomic E-state index is 5.55. The fourth-order valence-corrected chi connectivity index (χ4v) is 1.69. The van der Waals surface area contributed by atoms with Crippen molar-refractivity contribution in [2.24, 2.45) is 5.84 Å². The van der Waals surface area contributed by atoms with Crippen molar-refractivity contribution in [2.75, 3.05) is 0 Å². The van der Waals surface area contributed by atoms with Crippen molar-refractivity contribution >= 4 is 0 Å². The van der Waals surface area contributed by atoms with Gasteiger partial charge in [0.15, 0.2) is 0 Å². The smallest absolute Gasteiger partial charge is 0.0471 e. The topological polar surface area (TPSA) is 38.0 Å². The molecule has 1 unspecified atom stereocenters. The lowest BCUT2D eigenvalue weighted by molar-refractivity contribution is 0.521. The van der Waals surface area contributed by atoms with Gasteiger partial charge < -0.3 is 0 Å². The van der Waals surface area contributed by atoms with E-state index in [1.165, 1.54) is 16.7 Å². The Balaban J connectivity index is 2.91. The molecule has 2 nitrogen and oxygen atoms in total. The monoisotopic (exact) mass is 202 g/mol. The van der Waals surface area contributed by atoms with Crippen molar-refractivity contribution in [1.29, 1.82) is 0 Å². The van der Waals surface area contributed by atoms with Gasteiger partial charge in [-0.15, -0.1) is 12.3 Å². The normalized spacial score (nSPS) is 12.1. The van der Waals surface area contributed by atoms with Gasteiger partial charge >= 0.3 is 0 Å². The predicted molar refractivity (Wildman–Crippen MR) is 64.0 cm³/mol. The molecule has 1 aromatic rings. The van der Waals surface area contributed by atoms with E-state index in [0.717, 1.165) is 12.8 Å². The third-order valence-electron chi connectivity index (χ3n) is 2.59. The van der Waals surface area contributed by atoms with Gasteiger partial charge in [0, 0.05) is 12.5 Å². The van der Waals surface area contributed by atoms with Crippen molar-refractivity contribution in [1.82, 2.24) is 5.43 Å². The minimum absolute atomic E-state index is 0.154. The molecule has 0 radical (unpaired) electrons. The number of hydrogen-bond acceptors (Lipinski definition) is 2. The average Bonchev–Trinajstić information content (AvgIpc) is 2.24. The summed E-state index contributed by atoms with van der Waals surface area (Å²) in [5.74, 6) is 8.19. The highest BCUT2D eigenvalue weighted by molar-refractivity contribution is 5.33. The lowest BCUT2D eigenvalue weighted by Crippen LogP contribution is -2.28. The summed E-state index contributed by atoms with van der Waals surface area (Å²) in [6.45, 7) is 4.17. The summed E-state index contributed by atoms with van der Waals surface area (Å²) in [4.78, 5) is 0. The number of hydrogen-bond donors (Lipinski definition) is 2. The number of rotatable bonds is 4. The van der Waals surface area contributed by atoms with Gasteiger partial charge in [-0.3, -0.25) is 11.3 Å². The van der Waals surface area contributed by atoms with E-state index in [1.54, 1.807) is 0 Å². The summed E-state index contributed by atoms with van der Waals surface area (Å²) in [5.41, 5.74) is 6.57. The molecule has 0 saturated heterocycles. The summed E-state index contributed by atoms with van der Waals surface area (Å²) >= 11 is 0. The Bertz CT molecular complexity index is 363. The Labute approximate surface area is 91.8 Å². The van der Waals surface area contributed by atoms with Crippen LogP contribution in [-0.4, -0.2) is 0 Å². The Kier molecular flexibility index (Phi) is 4.36. The van der Waals surface area contributed by atoms with Gasteiger partial charge in [0.05, 0.1) is 0 Å². The number of benzene rings is 1. The number of nitrogens with one attached hydrogen (secondary N) is 1. The average molecular weight is 202 g/mol. The summed E-state index contributed by atoms with van der Waals surface area (Å²) in [5, 5.41) is 0. The highest BCUT2D eigenvalue weighted by Gasteiger charge is 2.11. The Morgan fingerprint density at radius 1 is 1.47 bits per heavy atom. The van der Waals surface area contributed by atoms with E-state index in [2.05, 4.69) is 43.4 Å². The second kappa shape index (κ2) is 5.55. The molecule has 1 aromatic carbocycles. The number of aryl methyl sites for hydroxylation is 2. The molecule has 0 fully saturated rings. The zero-order valence-corrected chi connectivity index (χ0v) is 9.38. The van der Waals surface area contributed by atoms with Crippen LogP contribution in [0.15, 0.2) is 18.2 Å². The maximum Gasteiger partial charge on any atom is 0.0471 e. The minimum Gasteiger partial charge on any atom is -0.271 e. The van der Waals surface area contributed by atoms with Gasteiger partial charge in [-0.05, 0) is 31.4 Å². The summed E-state index contributed by atoms with van der Waals surface area (Å²) in [6, 6.07) is 6.54. The Morgan fingerprint density at radius 2 is 2.20 bits per heavy atom. The molecule has 0 bridgehead atoms. The van der Waals surface area contributed by atoms with E-state index in [9.17, 15) is 0 Å². The van der Waals surface area contributed by atoms with E-state index < -0.39 is 0 Å². The Morgan fingerprint density at radius 3 is 2.80 bits per heavy atom. The second-order valence-electron chi connectivity index (χ2n) is 3.82. The summed E-state index contributed by atoms with van der Waals surface area (Å²) in [6.07, 6.45) is 6.87. The van der Waals surface area contributed by atoms with Crippen LogP contribution in [0.4, 0.5) is 0 Å². The van der Waals surface area contributed by atoms with E-state index >= 15 is 0 Å². The van der Waals surface area contributed by atoms with Crippen LogP contribution in [0.5, 0.6) is 0 Å². The third kappa shape index (κ3) is 3.09. The highest BCUT2D eigenvalue weighted by Crippen LogP contribution is 2.22. The summed E-state index contributed by atoms with van der Waals surface area (Å²) < 4.78 is 0. The SMILES string of the molecule is C#CCCC(NN)c1cc(C)ccc1C. The molecular formula is C13H18N2. The van der Waals surface area contributed by atoms with Gasteiger partial charge in [-0.2, -0.15) is 0 Å². The van der Waals surface area contributed by atoms with Gasteiger partial charge in [-0.1, -0.05) is 23.8 Å². The number of hydrazine groups is 1. The largest absolute Gasteiger partial charge is 0.271 e. The highest BCUT2D eigenvalue weighted by atomic mass is 15.2. The molecule has 0 saturated carbocycles. The van der Waals surface area contributed by atoms with Crippen molar-refractivity contribution in [3.8, 4) is 12.3 Å². The summed E-state index contributed by atoms with van der Waals surface area (Å²) in [7, 11) is 0. The Hall–Kier alpha value is -1.30. The lowest BCUT2D eigenvalue weighted by Gasteiger charge is -2.18. The molecule has 0 heterocycles. The molecule has 80 valence electrons. The zero-order valence-electron chi connectivity index (χ0n) is 9.38. The van der Waals surface area contributed by atoms with Gasteiger partial charge in [-0.25, -0.2) is 0 Å². The fraction of sp³-hybridized carbons (Fsp3) is 0.385. The van der Waals surface area contributed by atoms with Crippen molar-refractivity contribution in [3.05, 3.63) is 34.9 Å². The van der Waals surface area contributed by atoms with E-state index in [1.807, 2.05) is 0 Å². The lowest BCUT2D eigenvalue weighted by atomic mass is 9.96. The fourth-order valence-electron chi connectivity index (χ4n) is 1.69. The predicted octanol–water partition coefficient (Wildman–Crippen LogP) is 2.22. The van der Waals surface area contributed by atoms with E-state index in [0.29, 0.717) is 0 Å². The minimum atomic E-state index is 0.154. The number of terminal acetylenes is 1. The molecule has 0 amide bonds. The van der Waals surface area contributed by atoms with Crippen LogP contribution in [0, 0.1) is 26.2 Å². The first-order valence-electron chi connectivity index (χ1n) is 5.15. The van der Waals surface area contributed by atoms with Crippen LogP contribution in [0.1, 0.15) is 35.6 Å². The van der Waals surface area contributed by atoms with Crippen molar-refractivity contribution < 1.29 is 0 Å². The number of nitrogens with two attached hydrogens (primary N) is 1. The van der Waals surface area contributed by atoms with Crippen LogP contribution in [0.3, 0.4) is 0 Å². The van der Waals surface area contributed by atoms with Crippen LogP contribution < -0.4 is 11.3 Å². The van der Waals surface area contributed by atoms with Crippen molar-refractivity contribution in [2.45, 2.75) is 32.7 Å². The molecule has 1 rings (SSSR count). The van der Waals surface area contributed by atoms with E-state index in [-0.39, 0.29) is 6.04 Å². The van der Waals surface area contributed by atoms with Crippen molar-refractivity contribution in [3.63, 3.8) is 0 Å². The molecule has 0 aliphatic heterocycles. The second-order valence-corrected chi connectivity index (χ2v) is 3.82. The molecular weight excluding hydrogens is 184 g/mol. The molecule has 0 spiro atoms. The standard InChI is InChI=1S/C13H18N2/c1-4-5-6-13(15-14)12-9-10(2)7-8-11(12)3/h1,7-9,13,15H,5-6,14H2,2-3H3. The molecule has 0 aromatic heterocycles. The first-order chi connectivity index (χ1) is 7.19. The molecule has 3 N–H and O–H groups in total. The van der Waals surface area contributed by atoms with Crippen LogP contribution in [0.25, 0.3) is 0 Å². The van der Waals surface area contributed by atoms with Crippen LogP contribution >= 0.6 is 0 Å². The zero-order chi connectivity index (χ0) is 11.3. The van der Waals surface area contributed by atoms with Gasteiger partial charge in [0.1, 0.15) is 0 Å². The first-order valence-corrected chi connectivity index (χ1v) is 5.15. The van der Waals surface area contributed by atoms with E-state index in [4.69, 9.17) is 12.3 Å². The third-order valence-corrected chi connectivity index (χ3v) is 2.59. The van der Waals surface area contributed by atoms with Crippen LogP contribution in [-0.2, 0) is 0 Å². The van der Waals surface area contributed by atoms with Crippen LogP contribution in [0.2, 0.25) is 0 Å². The molecule has 2 heteroatoms. The first kappa shape index (κ1) is 11.8. The molecule has 1 atom stereocenters. The molecule has 0 aliphatic rings. The maximum atomic E-state index is 5.55. The molecule has 15 heavy (non-hydrogen) atoms. The quantitative estimate of drug-likeness (QED) is 0.446. The van der Waals surface area contributed by atoms with Gasteiger partial charge in [0.2, 0.25) is 0 Å².